The number of fused-ring (bicyclic) bond motifs is 1. The van der Waals surface area contributed by atoms with Gasteiger partial charge in [-0.1, -0.05) is 60.1 Å². The molecule has 30 heavy (non-hydrogen) atoms. The lowest BCUT2D eigenvalue weighted by molar-refractivity contribution is 1.33. The second-order valence-electron chi connectivity index (χ2n) is 7.47. The number of benzene rings is 3. The van der Waals surface area contributed by atoms with Gasteiger partial charge in [0.05, 0.1) is 5.52 Å². The van der Waals surface area contributed by atoms with Crippen molar-refractivity contribution in [2.75, 3.05) is 0 Å². The largest absolute Gasteiger partial charge is 0.264 e. The van der Waals surface area contributed by atoms with Gasteiger partial charge in [0.1, 0.15) is 0 Å². The van der Waals surface area contributed by atoms with Gasteiger partial charge in [0.15, 0.2) is 0 Å². The molecular formula is C27H19ClN2. The molecule has 2 heterocycles. The van der Waals surface area contributed by atoms with Gasteiger partial charge in [-0.3, -0.25) is 9.97 Å². The number of halogens is 1. The second kappa shape index (κ2) is 7.74. The number of nitrogens with zero attached hydrogens (tertiary/aromatic N) is 2. The van der Waals surface area contributed by atoms with Crippen molar-refractivity contribution < 1.29 is 0 Å². The van der Waals surface area contributed by atoms with Crippen molar-refractivity contribution in [2.24, 2.45) is 0 Å². The van der Waals surface area contributed by atoms with Gasteiger partial charge in [-0.05, 0) is 70.6 Å². The van der Waals surface area contributed by atoms with Crippen LogP contribution >= 0.6 is 11.6 Å². The molecule has 0 N–H and O–H groups in total. The molecule has 0 fully saturated rings. The summed E-state index contributed by atoms with van der Waals surface area (Å²) in [5, 5.41) is 1.87. The first-order valence-corrected chi connectivity index (χ1v) is 10.2. The molecule has 0 bridgehead atoms. The molecule has 5 aromatic rings. The van der Waals surface area contributed by atoms with Crippen LogP contribution in [0.2, 0.25) is 5.02 Å². The Morgan fingerprint density at radius 2 is 1.40 bits per heavy atom. The van der Waals surface area contributed by atoms with E-state index in [0.29, 0.717) is 0 Å². The zero-order chi connectivity index (χ0) is 20.5. The molecule has 0 aliphatic rings. The van der Waals surface area contributed by atoms with Gasteiger partial charge < -0.3 is 0 Å². The highest BCUT2D eigenvalue weighted by atomic mass is 35.5. The number of pyridine rings is 2. The Kier molecular flexibility index (Phi) is 4.78. The topological polar surface area (TPSA) is 25.8 Å². The summed E-state index contributed by atoms with van der Waals surface area (Å²) >= 11 is 6.24. The van der Waals surface area contributed by atoms with Crippen LogP contribution in [0.3, 0.4) is 0 Å². The van der Waals surface area contributed by atoms with Crippen LogP contribution in [-0.2, 0) is 0 Å². The van der Waals surface area contributed by atoms with E-state index in [0.717, 1.165) is 54.9 Å². The first-order chi connectivity index (χ1) is 14.7. The number of hydrogen-bond donors (Lipinski definition) is 0. The van der Waals surface area contributed by atoms with Crippen molar-refractivity contribution in [1.82, 2.24) is 9.97 Å². The summed E-state index contributed by atoms with van der Waals surface area (Å²) in [6.45, 7) is 2.06. The van der Waals surface area contributed by atoms with E-state index >= 15 is 0 Å². The van der Waals surface area contributed by atoms with Gasteiger partial charge in [-0.2, -0.15) is 0 Å². The summed E-state index contributed by atoms with van der Waals surface area (Å²) in [5.41, 5.74) is 8.87. The van der Waals surface area contributed by atoms with Gasteiger partial charge in [-0.25, -0.2) is 0 Å². The highest BCUT2D eigenvalue weighted by Gasteiger charge is 2.06. The minimum atomic E-state index is 0.753. The number of hydrogen-bond acceptors (Lipinski definition) is 2. The first kappa shape index (κ1) is 18.5. The predicted molar refractivity (Wildman–Crippen MR) is 126 cm³/mol. The van der Waals surface area contributed by atoms with Crippen molar-refractivity contribution in [2.45, 2.75) is 6.92 Å². The highest BCUT2D eigenvalue weighted by molar-refractivity contribution is 6.31. The Hall–Kier alpha value is -3.49. The Labute approximate surface area is 180 Å². The lowest BCUT2D eigenvalue weighted by atomic mass is 9.99. The zero-order valence-electron chi connectivity index (χ0n) is 16.5. The van der Waals surface area contributed by atoms with Gasteiger partial charge in [0.2, 0.25) is 0 Å². The quantitative estimate of drug-likeness (QED) is 0.308. The van der Waals surface area contributed by atoms with Crippen LogP contribution < -0.4 is 0 Å². The minimum absolute atomic E-state index is 0.753. The van der Waals surface area contributed by atoms with Gasteiger partial charge in [0.25, 0.3) is 0 Å². The monoisotopic (exact) mass is 406 g/mol. The van der Waals surface area contributed by atoms with Crippen LogP contribution in [0.25, 0.3) is 44.3 Å². The highest BCUT2D eigenvalue weighted by Crippen LogP contribution is 2.30. The van der Waals surface area contributed by atoms with Gasteiger partial charge in [0, 0.05) is 34.6 Å². The SMILES string of the molecule is Cc1cc(Cl)cc(-c2ccc3cc(-c4ccc(-c5cccnc5)cc4)cnc3c2)c1. The molecule has 3 aromatic carbocycles. The van der Waals surface area contributed by atoms with Crippen molar-refractivity contribution >= 4 is 22.5 Å². The summed E-state index contributed by atoms with van der Waals surface area (Å²) in [7, 11) is 0. The van der Waals surface area contributed by atoms with E-state index in [4.69, 9.17) is 16.6 Å². The average Bonchev–Trinajstić information content (AvgIpc) is 2.78. The van der Waals surface area contributed by atoms with Crippen LogP contribution in [0, 0.1) is 6.92 Å². The third-order valence-electron chi connectivity index (χ3n) is 5.27. The Balaban J connectivity index is 1.48. The summed E-state index contributed by atoms with van der Waals surface area (Å²) in [4.78, 5) is 8.92. The minimum Gasteiger partial charge on any atom is -0.264 e. The maximum absolute atomic E-state index is 6.24. The van der Waals surface area contributed by atoms with E-state index in [2.05, 4.69) is 72.6 Å². The molecule has 0 atom stereocenters. The molecule has 2 aromatic heterocycles. The number of rotatable bonds is 3. The predicted octanol–water partition coefficient (Wildman–Crippen LogP) is 7.59. The van der Waals surface area contributed by atoms with E-state index in [-0.39, 0.29) is 0 Å². The molecule has 0 amide bonds. The van der Waals surface area contributed by atoms with Crippen molar-refractivity contribution in [3.05, 3.63) is 108 Å². The molecular weight excluding hydrogens is 388 g/mol. The van der Waals surface area contributed by atoms with Crippen molar-refractivity contribution in [1.29, 1.82) is 0 Å². The van der Waals surface area contributed by atoms with E-state index < -0.39 is 0 Å². The third-order valence-corrected chi connectivity index (χ3v) is 5.49. The Bertz CT molecular complexity index is 1320. The molecule has 0 saturated carbocycles. The third kappa shape index (κ3) is 3.70. The smallest absolute Gasteiger partial charge is 0.0708 e. The summed E-state index contributed by atoms with van der Waals surface area (Å²) in [6.07, 6.45) is 5.61. The fourth-order valence-corrected chi connectivity index (χ4v) is 4.04. The van der Waals surface area contributed by atoms with Crippen molar-refractivity contribution in [3.63, 3.8) is 0 Å². The fraction of sp³-hybridized carbons (Fsp3) is 0.0370. The van der Waals surface area contributed by atoms with E-state index in [9.17, 15) is 0 Å². The molecule has 0 saturated heterocycles. The fourth-order valence-electron chi connectivity index (χ4n) is 3.75. The molecule has 144 valence electrons. The average molecular weight is 407 g/mol. The normalized spacial score (nSPS) is 11.0. The van der Waals surface area contributed by atoms with E-state index in [1.54, 1.807) is 6.20 Å². The van der Waals surface area contributed by atoms with Crippen LogP contribution in [0.4, 0.5) is 0 Å². The van der Waals surface area contributed by atoms with E-state index in [1.807, 2.05) is 30.6 Å². The lowest BCUT2D eigenvalue weighted by Gasteiger charge is -2.08. The molecule has 0 spiro atoms. The van der Waals surface area contributed by atoms with Crippen LogP contribution in [0.1, 0.15) is 5.56 Å². The molecule has 0 unspecified atom stereocenters. The molecule has 2 nitrogen and oxygen atoms in total. The first-order valence-electron chi connectivity index (χ1n) is 9.84. The second-order valence-corrected chi connectivity index (χ2v) is 7.90. The van der Waals surface area contributed by atoms with Crippen LogP contribution in [0.5, 0.6) is 0 Å². The molecule has 3 heteroatoms. The molecule has 0 radical (unpaired) electrons. The number of aromatic nitrogens is 2. The standard InChI is InChI=1S/C27H19ClN2/c1-18-11-24(14-26(28)12-18)21-8-9-22-13-25(17-30-27(22)15-21)20-6-4-19(5-7-20)23-3-2-10-29-16-23/h2-17H,1H3. The zero-order valence-corrected chi connectivity index (χ0v) is 17.3. The Morgan fingerprint density at radius 3 is 2.13 bits per heavy atom. The number of aryl methyl sites for hydroxylation is 1. The molecule has 0 aliphatic carbocycles. The summed E-state index contributed by atoms with van der Waals surface area (Å²) in [6, 6.07) is 27.2. The molecule has 5 rings (SSSR count). The van der Waals surface area contributed by atoms with Gasteiger partial charge >= 0.3 is 0 Å². The summed E-state index contributed by atoms with van der Waals surface area (Å²) in [5.74, 6) is 0. The van der Waals surface area contributed by atoms with Crippen molar-refractivity contribution in [3.8, 4) is 33.4 Å². The summed E-state index contributed by atoms with van der Waals surface area (Å²) < 4.78 is 0. The molecule has 0 aliphatic heterocycles. The van der Waals surface area contributed by atoms with E-state index in [1.165, 1.54) is 0 Å². The lowest BCUT2D eigenvalue weighted by Crippen LogP contribution is -1.86. The van der Waals surface area contributed by atoms with Crippen LogP contribution in [-0.4, -0.2) is 9.97 Å². The van der Waals surface area contributed by atoms with Crippen LogP contribution in [0.15, 0.2) is 97.5 Å². The van der Waals surface area contributed by atoms with Gasteiger partial charge in [-0.15, -0.1) is 0 Å². The maximum Gasteiger partial charge on any atom is 0.0708 e. The maximum atomic E-state index is 6.24. The Morgan fingerprint density at radius 1 is 0.633 bits per heavy atom.